The van der Waals surface area contributed by atoms with Gasteiger partial charge in [0, 0.05) is 19.5 Å². The number of hydrogen-bond acceptors (Lipinski definition) is 3. The van der Waals surface area contributed by atoms with Crippen molar-refractivity contribution in [3.63, 3.8) is 0 Å². The van der Waals surface area contributed by atoms with E-state index in [1.54, 1.807) is 0 Å². The molecule has 1 fully saturated rings. The zero-order valence-electron chi connectivity index (χ0n) is 9.44. The van der Waals surface area contributed by atoms with Gasteiger partial charge in [-0.1, -0.05) is 29.8 Å². The van der Waals surface area contributed by atoms with Crippen molar-refractivity contribution >= 4 is 5.90 Å². The van der Waals surface area contributed by atoms with Gasteiger partial charge >= 0.3 is 0 Å². The molecule has 0 spiro atoms. The predicted molar refractivity (Wildman–Crippen MR) is 63.8 cm³/mol. The Bertz CT molecular complexity index is 410. The van der Waals surface area contributed by atoms with Crippen LogP contribution in [-0.2, 0) is 11.2 Å². The second-order valence-electron chi connectivity index (χ2n) is 4.57. The van der Waals surface area contributed by atoms with Crippen molar-refractivity contribution in [2.24, 2.45) is 4.99 Å². The van der Waals surface area contributed by atoms with Crippen molar-refractivity contribution in [3.8, 4) is 0 Å². The number of ether oxygens (including phenoxy) is 1. The van der Waals surface area contributed by atoms with Gasteiger partial charge in [-0.25, -0.2) is 4.99 Å². The van der Waals surface area contributed by atoms with Crippen LogP contribution in [0.15, 0.2) is 29.3 Å². The molecule has 2 aliphatic rings. The van der Waals surface area contributed by atoms with E-state index >= 15 is 0 Å². The Morgan fingerprint density at radius 2 is 2.12 bits per heavy atom. The molecule has 84 valence electrons. The van der Waals surface area contributed by atoms with Gasteiger partial charge in [0.25, 0.3) is 0 Å². The van der Waals surface area contributed by atoms with Crippen LogP contribution < -0.4 is 5.32 Å². The van der Waals surface area contributed by atoms with E-state index in [1.165, 1.54) is 11.1 Å². The molecule has 2 unspecified atom stereocenters. The molecule has 0 radical (unpaired) electrons. The average Bonchev–Trinajstić information content (AvgIpc) is 2.81. The molecular formula is C13H16N2O. The van der Waals surface area contributed by atoms with Gasteiger partial charge in [-0.3, -0.25) is 0 Å². The Morgan fingerprint density at radius 1 is 1.31 bits per heavy atom. The minimum absolute atomic E-state index is 0.278. The molecule has 2 aliphatic heterocycles. The van der Waals surface area contributed by atoms with Gasteiger partial charge in [-0.15, -0.1) is 0 Å². The van der Waals surface area contributed by atoms with Crippen LogP contribution in [0.2, 0.25) is 0 Å². The average molecular weight is 216 g/mol. The lowest BCUT2D eigenvalue weighted by Gasteiger charge is -2.08. The Labute approximate surface area is 95.5 Å². The molecule has 2 heterocycles. The van der Waals surface area contributed by atoms with E-state index in [0.717, 1.165) is 25.4 Å². The Morgan fingerprint density at radius 3 is 2.88 bits per heavy atom. The number of hydrogen-bond donors (Lipinski definition) is 1. The van der Waals surface area contributed by atoms with Crippen LogP contribution in [0.4, 0.5) is 0 Å². The first-order valence-corrected chi connectivity index (χ1v) is 5.81. The molecule has 0 aromatic heterocycles. The topological polar surface area (TPSA) is 33.6 Å². The van der Waals surface area contributed by atoms with Gasteiger partial charge in [0.05, 0.1) is 0 Å². The minimum Gasteiger partial charge on any atom is -0.474 e. The van der Waals surface area contributed by atoms with Crippen molar-refractivity contribution in [1.29, 1.82) is 0 Å². The second-order valence-corrected chi connectivity index (χ2v) is 4.57. The summed E-state index contributed by atoms with van der Waals surface area (Å²) in [5.74, 6) is 0.903. The highest BCUT2D eigenvalue weighted by atomic mass is 16.5. The molecule has 0 amide bonds. The summed E-state index contributed by atoms with van der Waals surface area (Å²) in [4.78, 5) is 4.60. The summed E-state index contributed by atoms with van der Waals surface area (Å²) in [6.07, 6.45) is 1.10. The van der Waals surface area contributed by atoms with Crippen LogP contribution in [0.1, 0.15) is 11.1 Å². The van der Waals surface area contributed by atoms with E-state index in [-0.39, 0.29) is 6.10 Å². The number of rotatable bonds is 2. The molecule has 1 aromatic rings. The van der Waals surface area contributed by atoms with E-state index in [4.69, 9.17) is 4.74 Å². The molecule has 0 saturated carbocycles. The molecule has 3 heteroatoms. The maximum Gasteiger partial charge on any atom is 0.188 e. The van der Waals surface area contributed by atoms with Crippen LogP contribution in [0.25, 0.3) is 0 Å². The van der Waals surface area contributed by atoms with E-state index in [1.807, 2.05) is 0 Å². The number of benzene rings is 1. The summed E-state index contributed by atoms with van der Waals surface area (Å²) in [7, 11) is 0. The van der Waals surface area contributed by atoms with Crippen LogP contribution >= 0.6 is 0 Å². The lowest BCUT2D eigenvalue weighted by Crippen LogP contribution is -2.20. The van der Waals surface area contributed by atoms with Gasteiger partial charge in [0.1, 0.15) is 12.1 Å². The van der Waals surface area contributed by atoms with Crippen molar-refractivity contribution in [3.05, 3.63) is 35.4 Å². The number of aliphatic imine (C=N–C) groups is 1. The summed E-state index contributed by atoms with van der Waals surface area (Å²) < 4.78 is 5.81. The number of fused-ring (bicyclic) bond motifs is 1. The number of nitrogens with zero attached hydrogens (tertiary/aromatic N) is 1. The quantitative estimate of drug-likeness (QED) is 0.808. The molecule has 0 aliphatic carbocycles. The minimum atomic E-state index is 0.278. The highest BCUT2D eigenvalue weighted by Crippen LogP contribution is 2.19. The zero-order chi connectivity index (χ0) is 11.0. The molecule has 1 saturated heterocycles. The standard InChI is InChI=1S/C13H16N2O/c1-9-2-4-10(5-3-9)6-13-15-11-7-14-8-12(11)16-13/h2-5,11-12,14H,6-8H2,1H3. The third-order valence-corrected chi connectivity index (χ3v) is 3.20. The van der Waals surface area contributed by atoms with Crippen molar-refractivity contribution in [1.82, 2.24) is 5.32 Å². The highest BCUT2D eigenvalue weighted by molar-refractivity contribution is 5.80. The van der Waals surface area contributed by atoms with Gasteiger partial charge in [-0.05, 0) is 12.5 Å². The molecule has 16 heavy (non-hydrogen) atoms. The first-order chi connectivity index (χ1) is 7.81. The van der Waals surface area contributed by atoms with Crippen LogP contribution in [-0.4, -0.2) is 31.1 Å². The maximum absolute atomic E-state index is 5.81. The van der Waals surface area contributed by atoms with Crippen molar-refractivity contribution in [2.75, 3.05) is 13.1 Å². The first kappa shape index (κ1) is 9.85. The van der Waals surface area contributed by atoms with Gasteiger partial charge < -0.3 is 10.1 Å². The van der Waals surface area contributed by atoms with Gasteiger partial charge in [0.15, 0.2) is 5.90 Å². The third kappa shape index (κ3) is 1.83. The van der Waals surface area contributed by atoms with E-state index in [9.17, 15) is 0 Å². The molecule has 3 rings (SSSR count). The smallest absolute Gasteiger partial charge is 0.188 e. The molecular weight excluding hydrogens is 200 g/mol. The van der Waals surface area contributed by atoms with E-state index in [0.29, 0.717) is 6.04 Å². The van der Waals surface area contributed by atoms with Crippen LogP contribution in [0.3, 0.4) is 0 Å². The fraction of sp³-hybridized carbons (Fsp3) is 0.462. The monoisotopic (exact) mass is 216 g/mol. The lowest BCUT2D eigenvalue weighted by atomic mass is 10.1. The van der Waals surface area contributed by atoms with Gasteiger partial charge in [-0.2, -0.15) is 0 Å². The maximum atomic E-state index is 5.81. The molecule has 0 bridgehead atoms. The fourth-order valence-electron chi connectivity index (χ4n) is 2.25. The third-order valence-electron chi connectivity index (χ3n) is 3.20. The summed E-state index contributed by atoms with van der Waals surface area (Å²) in [6, 6.07) is 8.90. The van der Waals surface area contributed by atoms with E-state index < -0.39 is 0 Å². The lowest BCUT2D eigenvalue weighted by molar-refractivity contribution is 0.220. The van der Waals surface area contributed by atoms with Crippen LogP contribution in [0.5, 0.6) is 0 Å². The summed E-state index contributed by atoms with van der Waals surface area (Å²) in [6.45, 7) is 4.00. The Hall–Kier alpha value is -1.35. The first-order valence-electron chi connectivity index (χ1n) is 5.81. The second kappa shape index (κ2) is 3.91. The number of nitrogens with one attached hydrogen (secondary N) is 1. The van der Waals surface area contributed by atoms with Gasteiger partial charge in [0.2, 0.25) is 0 Å². The molecule has 1 N–H and O–H groups in total. The normalized spacial score (nSPS) is 27.4. The van der Waals surface area contributed by atoms with Crippen molar-refractivity contribution < 1.29 is 4.74 Å². The summed E-state index contributed by atoms with van der Waals surface area (Å²) in [5, 5.41) is 3.28. The van der Waals surface area contributed by atoms with E-state index in [2.05, 4.69) is 41.5 Å². The largest absolute Gasteiger partial charge is 0.474 e. The van der Waals surface area contributed by atoms with Crippen molar-refractivity contribution in [2.45, 2.75) is 25.5 Å². The fourth-order valence-corrected chi connectivity index (χ4v) is 2.25. The molecule has 1 aromatic carbocycles. The SMILES string of the molecule is Cc1ccc(CC2=NC3CNCC3O2)cc1. The molecule has 3 nitrogen and oxygen atoms in total. The Balaban J connectivity index is 1.69. The highest BCUT2D eigenvalue weighted by Gasteiger charge is 2.34. The summed E-state index contributed by atoms with van der Waals surface area (Å²) >= 11 is 0. The summed E-state index contributed by atoms with van der Waals surface area (Å²) in [5.41, 5.74) is 2.57. The molecule has 2 atom stereocenters. The zero-order valence-corrected chi connectivity index (χ0v) is 9.44. The number of aryl methyl sites for hydroxylation is 1. The Kier molecular flexibility index (Phi) is 2.40. The predicted octanol–water partition coefficient (Wildman–Crippen LogP) is 1.31. The van der Waals surface area contributed by atoms with Crippen LogP contribution in [0, 0.1) is 6.92 Å².